The van der Waals surface area contributed by atoms with Crippen molar-refractivity contribution in [2.24, 2.45) is 0 Å². The SMILES string of the molecule is CCCCc1ccc(C(=O)N(CCCOC)CC(=O)N(Cc2ccccc2)Cc2cccs2)cc1. The Morgan fingerprint density at radius 1 is 0.857 bits per heavy atom. The lowest BCUT2D eigenvalue weighted by Crippen LogP contribution is -2.43. The molecule has 0 atom stereocenters. The molecule has 1 heterocycles. The van der Waals surface area contributed by atoms with Gasteiger partial charge >= 0.3 is 0 Å². The van der Waals surface area contributed by atoms with Crippen LogP contribution in [0.4, 0.5) is 0 Å². The van der Waals surface area contributed by atoms with Crippen LogP contribution in [0.5, 0.6) is 0 Å². The maximum atomic E-state index is 13.5. The average molecular weight is 493 g/mol. The molecule has 2 aromatic carbocycles. The van der Waals surface area contributed by atoms with Crippen molar-refractivity contribution in [2.45, 2.75) is 45.7 Å². The van der Waals surface area contributed by atoms with Crippen LogP contribution in [0.3, 0.4) is 0 Å². The van der Waals surface area contributed by atoms with Crippen molar-refractivity contribution in [1.82, 2.24) is 9.80 Å². The first-order valence-corrected chi connectivity index (χ1v) is 13.2. The Morgan fingerprint density at radius 2 is 1.63 bits per heavy atom. The van der Waals surface area contributed by atoms with Gasteiger partial charge in [-0.05, 0) is 54.0 Å². The number of ether oxygens (including phenoxy) is 1. The quantitative estimate of drug-likeness (QED) is 0.267. The summed E-state index contributed by atoms with van der Waals surface area (Å²) >= 11 is 1.63. The molecule has 3 rings (SSSR count). The Morgan fingerprint density at radius 3 is 2.29 bits per heavy atom. The Hall–Kier alpha value is -2.96. The number of rotatable bonds is 14. The van der Waals surface area contributed by atoms with Gasteiger partial charge in [0.2, 0.25) is 5.91 Å². The third-order valence-corrected chi connectivity index (χ3v) is 6.77. The first-order valence-electron chi connectivity index (χ1n) is 12.3. The van der Waals surface area contributed by atoms with Gasteiger partial charge in [-0.3, -0.25) is 9.59 Å². The van der Waals surface area contributed by atoms with Gasteiger partial charge < -0.3 is 14.5 Å². The van der Waals surface area contributed by atoms with Gasteiger partial charge in [0.05, 0.1) is 6.54 Å². The highest BCUT2D eigenvalue weighted by Gasteiger charge is 2.23. The van der Waals surface area contributed by atoms with E-state index in [0.717, 1.165) is 29.7 Å². The molecule has 6 heteroatoms. The smallest absolute Gasteiger partial charge is 0.254 e. The molecule has 2 amide bonds. The molecule has 0 saturated heterocycles. The number of amides is 2. The molecule has 3 aromatic rings. The predicted molar refractivity (Wildman–Crippen MR) is 142 cm³/mol. The van der Waals surface area contributed by atoms with E-state index in [0.29, 0.717) is 38.2 Å². The van der Waals surface area contributed by atoms with Crippen molar-refractivity contribution < 1.29 is 14.3 Å². The third-order valence-electron chi connectivity index (χ3n) is 5.91. The molecule has 0 fully saturated rings. The normalized spacial score (nSPS) is 10.8. The highest BCUT2D eigenvalue weighted by atomic mass is 32.1. The maximum Gasteiger partial charge on any atom is 0.254 e. The first kappa shape index (κ1) is 26.6. The average Bonchev–Trinajstić information content (AvgIpc) is 3.40. The standard InChI is InChI=1S/C29H36N2O3S/c1-3-4-10-24-14-16-26(17-15-24)29(33)30(18-9-19-34-2)23-28(32)31(22-27-13-8-20-35-27)21-25-11-6-5-7-12-25/h5-8,11-17,20H,3-4,9-10,18-19,21-23H2,1-2H3. The minimum atomic E-state index is -0.118. The molecule has 35 heavy (non-hydrogen) atoms. The highest BCUT2D eigenvalue weighted by molar-refractivity contribution is 7.09. The van der Waals surface area contributed by atoms with Crippen molar-refractivity contribution in [3.8, 4) is 0 Å². The topological polar surface area (TPSA) is 49.9 Å². The van der Waals surface area contributed by atoms with Crippen LogP contribution >= 0.6 is 11.3 Å². The van der Waals surface area contributed by atoms with E-state index < -0.39 is 0 Å². The lowest BCUT2D eigenvalue weighted by atomic mass is 10.1. The van der Waals surface area contributed by atoms with Crippen LogP contribution in [0.25, 0.3) is 0 Å². The summed E-state index contributed by atoms with van der Waals surface area (Å²) in [5.41, 5.74) is 2.91. The molecule has 0 aliphatic heterocycles. The van der Waals surface area contributed by atoms with Crippen LogP contribution in [-0.2, 0) is 29.0 Å². The van der Waals surface area contributed by atoms with Gasteiger partial charge in [0.1, 0.15) is 6.54 Å². The first-order chi connectivity index (χ1) is 17.1. The molecule has 0 spiro atoms. The molecule has 0 aliphatic rings. The predicted octanol–water partition coefficient (Wildman–Crippen LogP) is 5.80. The largest absolute Gasteiger partial charge is 0.385 e. The number of unbranched alkanes of at least 4 members (excludes halogenated alkanes) is 1. The van der Waals surface area contributed by atoms with Gasteiger partial charge in [0.25, 0.3) is 5.91 Å². The number of hydrogen-bond acceptors (Lipinski definition) is 4. The summed E-state index contributed by atoms with van der Waals surface area (Å²) in [5.74, 6) is -0.181. The summed E-state index contributed by atoms with van der Waals surface area (Å²) in [5, 5.41) is 2.02. The van der Waals surface area contributed by atoms with Crippen molar-refractivity contribution in [3.63, 3.8) is 0 Å². The molecule has 0 saturated carbocycles. The number of methoxy groups -OCH3 is 1. The summed E-state index contributed by atoms with van der Waals surface area (Å²) in [7, 11) is 1.65. The van der Waals surface area contributed by atoms with Crippen LogP contribution in [0.2, 0.25) is 0 Å². The van der Waals surface area contributed by atoms with Crippen LogP contribution in [-0.4, -0.2) is 48.4 Å². The van der Waals surface area contributed by atoms with E-state index in [1.807, 2.05) is 77.0 Å². The minimum absolute atomic E-state index is 0.0400. The van der Waals surface area contributed by atoms with E-state index in [2.05, 4.69) is 6.92 Å². The lowest BCUT2D eigenvalue weighted by Gasteiger charge is -2.28. The summed E-state index contributed by atoms with van der Waals surface area (Å²) in [4.78, 5) is 31.6. The van der Waals surface area contributed by atoms with Crippen molar-refractivity contribution in [2.75, 3.05) is 26.8 Å². The van der Waals surface area contributed by atoms with E-state index in [-0.39, 0.29) is 18.4 Å². The molecule has 186 valence electrons. The second kappa shape index (κ2) is 14.4. The van der Waals surface area contributed by atoms with Crippen molar-refractivity contribution in [3.05, 3.63) is 93.7 Å². The Bertz CT molecular complexity index is 1020. The lowest BCUT2D eigenvalue weighted by molar-refractivity contribution is -0.133. The molecule has 0 N–H and O–H groups in total. The van der Waals surface area contributed by atoms with E-state index in [1.54, 1.807) is 23.3 Å². The Balaban J connectivity index is 1.75. The summed E-state index contributed by atoms with van der Waals surface area (Å²) in [6.07, 6.45) is 3.96. The van der Waals surface area contributed by atoms with Gasteiger partial charge in [-0.25, -0.2) is 0 Å². The van der Waals surface area contributed by atoms with Crippen LogP contribution in [0.1, 0.15) is 52.5 Å². The number of thiophene rings is 1. The van der Waals surface area contributed by atoms with Gasteiger partial charge in [-0.2, -0.15) is 0 Å². The van der Waals surface area contributed by atoms with Crippen molar-refractivity contribution >= 4 is 23.2 Å². The zero-order valence-corrected chi connectivity index (χ0v) is 21.6. The number of nitrogens with zero attached hydrogens (tertiary/aromatic N) is 2. The monoisotopic (exact) mass is 492 g/mol. The molecule has 5 nitrogen and oxygen atoms in total. The third kappa shape index (κ3) is 8.64. The zero-order valence-electron chi connectivity index (χ0n) is 20.8. The molecule has 1 aromatic heterocycles. The molecular formula is C29H36N2O3S. The Labute approximate surface area is 213 Å². The molecular weight excluding hydrogens is 456 g/mol. The van der Waals surface area contributed by atoms with Crippen LogP contribution < -0.4 is 0 Å². The van der Waals surface area contributed by atoms with E-state index in [9.17, 15) is 9.59 Å². The Kier molecular flexibility index (Phi) is 11.0. The van der Waals surface area contributed by atoms with Crippen molar-refractivity contribution in [1.29, 1.82) is 0 Å². The fourth-order valence-corrected chi connectivity index (χ4v) is 4.64. The fourth-order valence-electron chi connectivity index (χ4n) is 3.92. The fraction of sp³-hybridized carbons (Fsp3) is 0.379. The van der Waals surface area contributed by atoms with E-state index in [4.69, 9.17) is 4.74 Å². The number of benzene rings is 2. The van der Waals surface area contributed by atoms with Gasteiger partial charge in [0.15, 0.2) is 0 Å². The second-order valence-electron chi connectivity index (χ2n) is 8.69. The van der Waals surface area contributed by atoms with E-state index in [1.165, 1.54) is 5.56 Å². The minimum Gasteiger partial charge on any atom is -0.385 e. The van der Waals surface area contributed by atoms with E-state index >= 15 is 0 Å². The zero-order chi connectivity index (χ0) is 24.9. The van der Waals surface area contributed by atoms with Crippen LogP contribution in [0.15, 0.2) is 72.1 Å². The highest BCUT2D eigenvalue weighted by Crippen LogP contribution is 2.16. The number of carbonyl (C=O) groups is 2. The maximum absolute atomic E-state index is 13.5. The van der Waals surface area contributed by atoms with Gasteiger partial charge in [-0.1, -0.05) is 61.9 Å². The summed E-state index contributed by atoms with van der Waals surface area (Å²) in [6, 6.07) is 21.8. The van der Waals surface area contributed by atoms with Crippen LogP contribution in [0, 0.1) is 0 Å². The van der Waals surface area contributed by atoms with Gasteiger partial charge in [-0.15, -0.1) is 11.3 Å². The molecule has 0 aliphatic carbocycles. The molecule has 0 radical (unpaired) electrons. The molecule has 0 bridgehead atoms. The second-order valence-corrected chi connectivity index (χ2v) is 9.72. The summed E-state index contributed by atoms with van der Waals surface area (Å²) in [6.45, 7) is 4.25. The number of carbonyl (C=O) groups excluding carboxylic acids is 2. The molecule has 0 unspecified atom stereocenters. The summed E-state index contributed by atoms with van der Waals surface area (Å²) < 4.78 is 5.20. The number of aryl methyl sites for hydroxylation is 1. The van der Waals surface area contributed by atoms with Gasteiger partial charge in [0, 0.05) is 37.2 Å². The number of hydrogen-bond donors (Lipinski definition) is 0.